The number of carbonyl (C=O) groups excluding carboxylic acids is 1. The quantitative estimate of drug-likeness (QED) is 0.747. The van der Waals surface area contributed by atoms with Crippen LogP contribution in [0.15, 0.2) is 11.6 Å². The van der Waals surface area contributed by atoms with Gasteiger partial charge in [-0.2, -0.15) is 0 Å². The van der Waals surface area contributed by atoms with Crippen molar-refractivity contribution in [3.63, 3.8) is 0 Å². The highest BCUT2D eigenvalue weighted by molar-refractivity contribution is 5.78. The molecule has 2 saturated heterocycles. The molecular formula is C19H32N2O2. The van der Waals surface area contributed by atoms with E-state index in [1.165, 1.54) is 18.4 Å². The summed E-state index contributed by atoms with van der Waals surface area (Å²) in [6, 6.07) is 0. The smallest absolute Gasteiger partial charge is 0.226 e. The third kappa shape index (κ3) is 3.80. The summed E-state index contributed by atoms with van der Waals surface area (Å²) in [6.45, 7) is 5.01. The maximum atomic E-state index is 12.6. The van der Waals surface area contributed by atoms with Crippen LogP contribution in [-0.2, 0) is 9.53 Å². The Balaban J connectivity index is 1.55. The van der Waals surface area contributed by atoms with Gasteiger partial charge in [0.2, 0.25) is 5.91 Å². The Morgan fingerprint density at radius 2 is 2.13 bits per heavy atom. The summed E-state index contributed by atoms with van der Waals surface area (Å²) in [4.78, 5) is 17.1. The predicted molar refractivity (Wildman–Crippen MR) is 92.3 cm³/mol. The lowest BCUT2D eigenvalue weighted by molar-refractivity contribution is -0.133. The second-order valence-corrected chi connectivity index (χ2v) is 7.88. The summed E-state index contributed by atoms with van der Waals surface area (Å²) in [5.41, 5.74) is 1.74. The Hall–Kier alpha value is -0.870. The van der Waals surface area contributed by atoms with E-state index in [9.17, 15) is 4.79 Å². The van der Waals surface area contributed by atoms with Crippen molar-refractivity contribution in [2.24, 2.45) is 11.3 Å². The van der Waals surface area contributed by atoms with E-state index in [0.717, 1.165) is 58.5 Å². The molecule has 3 rings (SSSR count). The Bertz CT molecular complexity index is 452. The van der Waals surface area contributed by atoms with Crippen LogP contribution < -0.4 is 0 Å². The van der Waals surface area contributed by atoms with Crippen LogP contribution in [0.4, 0.5) is 0 Å². The van der Waals surface area contributed by atoms with Crippen molar-refractivity contribution < 1.29 is 9.53 Å². The number of hydrogen-bond donors (Lipinski definition) is 0. The molecule has 1 aliphatic carbocycles. The Kier molecular flexibility index (Phi) is 5.42. The molecular weight excluding hydrogens is 288 g/mol. The van der Waals surface area contributed by atoms with Crippen molar-refractivity contribution in [2.45, 2.75) is 44.9 Å². The van der Waals surface area contributed by atoms with Gasteiger partial charge in [-0.15, -0.1) is 0 Å². The summed E-state index contributed by atoms with van der Waals surface area (Å²) >= 11 is 0. The molecule has 1 atom stereocenters. The summed E-state index contributed by atoms with van der Waals surface area (Å²) in [7, 11) is 4.02. The van der Waals surface area contributed by atoms with Gasteiger partial charge in [-0.3, -0.25) is 4.79 Å². The molecule has 3 aliphatic rings. The third-order valence-corrected chi connectivity index (χ3v) is 6.23. The summed E-state index contributed by atoms with van der Waals surface area (Å²) in [5, 5.41) is 0. The van der Waals surface area contributed by atoms with Gasteiger partial charge in [-0.1, -0.05) is 11.6 Å². The highest BCUT2D eigenvalue weighted by atomic mass is 16.5. The van der Waals surface area contributed by atoms with E-state index in [1.807, 2.05) is 7.11 Å². The fraction of sp³-hybridized carbons (Fsp3) is 0.842. The lowest BCUT2D eigenvalue weighted by Gasteiger charge is -2.42. The molecule has 0 saturated carbocycles. The molecule has 0 bridgehead atoms. The predicted octanol–water partition coefficient (Wildman–Crippen LogP) is 2.69. The number of carbonyl (C=O) groups is 1. The standard InChI is InChI=1S/C19H32N2O2/c1-20-13-17(14-23-2)19(15-20)8-10-21(11-9-19)18(22)12-16-6-4-3-5-7-16/h6,17H,3-5,7-15H2,1-2H3. The SMILES string of the molecule is COCC1CN(C)CC12CCN(C(=O)CC1=CCCCC1)CC2. The maximum Gasteiger partial charge on any atom is 0.226 e. The van der Waals surface area contributed by atoms with Crippen LogP contribution in [-0.4, -0.2) is 62.7 Å². The number of amides is 1. The van der Waals surface area contributed by atoms with Gasteiger partial charge in [0.1, 0.15) is 0 Å². The second kappa shape index (κ2) is 7.35. The number of ether oxygens (including phenoxy) is 1. The molecule has 23 heavy (non-hydrogen) atoms. The molecule has 0 radical (unpaired) electrons. The number of piperidine rings is 1. The van der Waals surface area contributed by atoms with Gasteiger partial charge in [0.05, 0.1) is 6.61 Å². The average Bonchev–Trinajstić information content (AvgIpc) is 2.84. The molecule has 1 unspecified atom stereocenters. The second-order valence-electron chi connectivity index (χ2n) is 7.88. The fourth-order valence-electron chi connectivity index (χ4n) is 4.87. The molecule has 0 aromatic carbocycles. The Labute approximate surface area is 140 Å². The maximum absolute atomic E-state index is 12.6. The van der Waals surface area contributed by atoms with Crippen LogP contribution >= 0.6 is 0 Å². The zero-order valence-electron chi connectivity index (χ0n) is 14.9. The summed E-state index contributed by atoms with van der Waals surface area (Å²) < 4.78 is 5.46. The van der Waals surface area contributed by atoms with Crippen LogP contribution in [0.5, 0.6) is 0 Å². The van der Waals surface area contributed by atoms with Crippen molar-refractivity contribution in [3.8, 4) is 0 Å². The topological polar surface area (TPSA) is 32.8 Å². The van der Waals surface area contributed by atoms with Gasteiger partial charge >= 0.3 is 0 Å². The first-order valence-corrected chi connectivity index (χ1v) is 9.26. The number of rotatable bonds is 4. The monoisotopic (exact) mass is 320 g/mol. The Morgan fingerprint density at radius 3 is 2.78 bits per heavy atom. The first-order chi connectivity index (χ1) is 11.1. The number of likely N-dealkylation sites (tertiary alicyclic amines) is 2. The fourth-order valence-corrected chi connectivity index (χ4v) is 4.87. The van der Waals surface area contributed by atoms with Crippen LogP contribution in [0, 0.1) is 11.3 Å². The van der Waals surface area contributed by atoms with Gasteiger partial charge in [-0.25, -0.2) is 0 Å². The van der Waals surface area contributed by atoms with E-state index in [2.05, 4.69) is 22.9 Å². The third-order valence-electron chi connectivity index (χ3n) is 6.23. The molecule has 2 heterocycles. The average molecular weight is 320 g/mol. The van der Waals surface area contributed by atoms with Crippen LogP contribution in [0.3, 0.4) is 0 Å². The molecule has 2 aliphatic heterocycles. The van der Waals surface area contributed by atoms with E-state index in [4.69, 9.17) is 4.74 Å². The highest BCUT2D eigenvalue weighted by Crippen LogP contribution is 2.44. The molecule has 1 amide bonds. The van der Waals surface area contributed by atoms with Crippen molar-refractivity contribution >= 4 is 5.91 Å². The zero-order chi connectivity index (χ0) is 16.3. The largest absolute Gasteiger partial charge is 0.384 e. The minimum absolute atomic E-state index is 0.350. The number of allylic oxidation sites excluding steroid dienone is 1. The number of methoxy groups -OCH3 is 1. The lowest BCUT2D eigenvalue weighted by atomic mass is 9.71. The minimum Gasteiger partial charge on any atom is -0.384 e. The van der Waals surface area contributed by atoms with Crippen molar-refractivity contribution in [1.29, 1.82) is 0 Å². The molecule has 1 spiro atoms. The summed E-state index contributed by atoms with van der Waals surface area (Å²) in [5.74, 6) is 0.971. The molecule has 0 aromatic heterocycles. The van der Waals surface area contributed by atoms with E-state index in [-0.39, 0.29) is 0 Å². The first kappa shape index (κ1) is 17.0. The van der Waals surface area contributed by atoms with Crippen LogP contribution in [0.25, 0.3) is 0 Å². The minimum atomic E-state index is 0.350. The van der Waals surface area contributed by atoms with Gasteiger partial charge < -0.3 is 14.5 Å². The van der Waals surface area contributed by atoms with E-state index < -0.39 is 0 Å². The number of hydrogen-bond acceptors (Lipinski definition) is 3. The molecule has 130 valence electrons. The molecule has 2 fully saturated rings. The van der Waals surface area contributed by atoms with Gasteiger partial charge in [-0.05, 0) is 51.0 Å². The normalized spacial score (nSPS) is 28.2. The molecule has 0 N–H and O–H groups in total. The van der Waals surface area contributed by atoms with Gasteiger partial charge in [0.25, 0.3) is 0 Å². The van der Waals surface area contributed by atoms with Gasteiger partial charge in [0, 0.05) is 45.6 Å². The molecule has 4 heteroatoms. The zero-order valence-corrected chi connectivity index (χ0v) is 14.9. The molecule has 0 aromatic rings. The van der Waals surface area contributed by atoms with Crippen LogP contribution in [0.2, 0.25) is 0 Å². The molecule has 4 nitrogen and oxygen atoms in total. The Morgan fingerprint density at radius 1 is 1.35 bits per heavy atom. The van der Waals surface area contributed by atoms with Crippen molar-refractivity contribution in [3.05, 3.63) is 11.6 Å². The van der Waals surface area contributed by atoms with Crippen LogP contribution in [0.1, 0.15) is 44.9 Å². The van der Waals surface area contributed by atoms with E-state index in [1.54, 1.807) is 0 Å². The van der Waals surface area contributed by atoms with E-state index in [0.29, 0.717) is 23.7 Å². The first-order valence-electron chi connectivity index (χ1n) is 9.26. The highest BCUT2D eigenvalue weighted by Gasteiger charge is 2.47. The van der Waals surface area contributed by atoms with Gasteiger partial charge in [0.15, 0.2) is 0 Å². The van der Waals surface area contributed by atoms with Crippen molar-refractivity contribution in [1.82, 2.24) is 9.80 Å². The van der Waals surface area contributed by atoms with E-state index >= 15 is 0 Å². The number of nitrogens with zero attached hydrogens (tertiary/aromatic N) is 2. The van der Waals surface area contributed by atoms with Crippen molar-refractivity contribution in [2.75, 3.05) is 46.9 Å². The summed E-state index contributed by atoms with van der Waals surface area (Å²) in [6.07, 6.45) is 10.1. The lowest BCUT2D eigenvalue weighted by Crippen LogP contribution is -2.47.